The molecule has 0 bridgehead atoms. The number of rotatable bonds is 8. The first-order chi connectivity index (χ1) is 12.9. The normalized spacial score (nSPS) is 11.9. The zero-order valence-electron chi connectivity index (χ0n) is 16.2. The zero-order chi connectivity index (χ0) is 19.8. The van der Waals surface area contributed by atoms with E-state index in [-0.39, 0.29) is 30.9 Å². The molecule has 144 valence electrons. The first-order valence-corrected chi connectivity index (χ1v) is 9.23. The second-order valence-electron chi connectivity index (χ2n) is 7.03. The van der Waals surface area contributed by atoms with Gasteiger partial charge in [-0.15, -0.1) is 0 Å². The Kier molecular flexibility index (Phi) is 7.55. The molecule has 1 unspecified atom stereocenters. The Balaban J connectivity index is 2.16. The lowest BCUT2D eigenvalue weighted by atomic mass is 10.0. The van der Waals surface area contributed by atoms with E-state index < -0.39 is 6.04 Å². The Bertz CT molecular complexity index is 759. The molecule has 2 aromatic rings. The van der Waals surface area contributed by atoms with E-state index in [0.717, 1.165) is 11.1 Å². The second-order valence-corrected chi connectivity index (χ2v) is 7.03. The monoisotopic (exact) mass is 368 g/mol. The molecule has 2 amide bonds. The highest BCUT2D eigenvalue weighted by Crippen LogP contribution is 2.12. The number of nitrogens with zero attached hydrogens (tertiary/aromatic N) is 1. The van der Waals surface area contributed by atoms with Gasteiger partial charge < -0.3 is 15.3 Å². The fourth-order valence-electron chi connectivity index (χ4n) is 2.91. The summed E-state index contributed by atoms with van der Waals surface area (Å²) < 4.78 is 0. The molecule has 0 fully saturated rings. The van der Waals surface area contributed by atoms with Crippen molar-refractivity contribution in [3.8, 4) is 0 Å². The summed E-state index contributed by atoms with van der Waals surface area (Å²) in [5, 5.41) is 12.3. The van der Waals surface area contributed by atoms with Crippen molar-refractivity contribution in [2.24, 2.45) is 5.92 Å². The number of aliphatic hydroxyl groups is 1. The largest absolute Gasteiger partial charge is 0.395 e. The summed E-state index contributed by atoms with van der Waals surface area (Å²) in [6.45, 7) is 6.21. The van der Waals surface area contributed by atoms with Crippen molar-refractivity contribution in [1.29, 1.82) is 0 Å². The Morgan fingerprint density at radius 3 is 2.37 bits per heavy atom. The molecular formula is C22H28N2O3. The molecule has 0 radical (unpaired) electrons. The fraction of sp³-hybridized carbons (Fsp3) is 0.364. The van der Waals surface area contributed by atoms with Crippen molar-refractivity contribution in [2.45, 2.75) is 33.4 Å². The second kappa shape index (κ2) is 9.88. The van der Waals surface area contributed by atoms with E-state index in [0.29, 0.717) is 12.1 Å². The number of benzene rings is 2. The Hall–Kier alpha value is -2.66. The number of hydrogen-bond acceptors (Lipinski definition) is 3. The minimum Gasteiger partial charge on any atom is -0.395 e. The van der Waals surface area contributed by atoms with Crippen molar-refractivity contribution in [3.63, 3.8) is 0 Å². The van der Waals surface area contributed by atoms with Crippen LogP contribution in [0.25, 0.3) is 0 Å². The summed E-state index contributed by atoms with van der Waals surface area (Å²) in [7, 11) is 0. The van der Waals surface area contributed by atoms with Gasteiger partial charge in [-0.3, -0.25) is 9.59 Å². The number of aliphatic hydroxyl groups excluding tert-OH is 1. The average molecular weight is 368 g/mol. The van der Waals surface area contributed by atoms with E-state index in [1.165, 1.54) is 0 Å². The summed E-state index contributed by atoms with van der Waals surface area (Å²) >= 11 is 0. The molecule has 5 nitrogen and oxygen atoms in total. The van der Waals surface area contributed by atoms with E-state index in [2.05, 4.69) is 5.32 Å². The van der Waals surface area contributed by atoms with Crippen LogP contribution in [-0.2, 0) is 11.3 Å². The van der Waals surface area contributed by atoms with Crippen molar-refractivity contribution in [1.82, 2.24) is 10.2 Å². The fourth-order valence-corrected chi connectivity index (χ4v) is 2.91. The molecule has 27 heavy (non-hydrogen) atoms. The molecule has 2 N–H and O–H groups in total. The highest BCUT2D eigenvalue weighted by molar-refractivity contribution is 5.97. The lowest BCUT2D eigenvalue weighted by Crippen LogP contribution is -2.51. The Morgan fingerprint density at radius 2 is 1.78 bits per heavy atom. The SMILES string of the molecule is Cc1cccc(C(=O)NC(C(=O)N(CCO)Cc2ccccc2)C(C)C)c1. The van der Waals surface area contributed by atoms with Gasteiger partial charge >= 0.3 is 0 Å². The molecule has 0 aliphatic carbocycles. The predicted molar refractivity (Wildman–Crippen MR) is 106 cm³/mol. The third-order valence-corrected chi connectivity index (χ3v) is 4.40. The summed E-state index contributed by atoms with van der Waals surface area (Å²) in [5.74, 6) is -0.540. The minimum atomic E-state index is -0.659. The van der Waals surface area contributed by atoms with E-state index in [1.807, 2.05) is 63.2 Å². The van der Waals surface area contributed by atoms with Crippen LogP contribution in [0.3, 0.4) is 0 Å². The lowest BCUT2D eigenvalue weighted by molar-refractivity contribution is -0.135. The van der Waals surface area contributed by atoms with Crippen LogP contribution in [0.4, 0.5) is 0 Å². The van der Waals surface area contributed by atoms with Gasteiger partial charge in [0.25, 0.3) is 5.91 Å². The van der Waals surface area contributed by atoms with Crippen LogP contribution < -0.4 is 5.32 Å². The summed E-state index contributed by atoms with van der Waals surface area (Å²) in [6.07, 6.45) is 0. The molecule has 0 aliphatic heterocycles. The van der Waals surface area contributed by atoms with Crippen LogP contribution in [0.2, 0.25) is 0 Å². The summed E-state index contributed by atoms with van der Waals surface area (Å²) in [6, 6.07) is 16.2. The van der Waals surface area contributed by atoms with Crippen LogP contribution in [0.15, 0.2) is 54.6 Å². The average Bonchev–Trinajstić information content (AvgIpc) is 2.65. The van der Waals surface area contributed by atoms with Gasteiger partial charge in [-0.25, -0.2) is 0 Å². The van der Waals surface area contributed by atoms with E-state index in [9.17, 15) is 14.7 Å². The van der Waals surface area contributed by atoms with Gasteiger partial charge in [-0.2, -0.15) is 0 Å². The van der Waals surface area contributed by atoms with Crippen LogP contribution >= 0.6 is 0 Å². The highest BCUT2D eigenvalue weighted by atomic mass is 16.3. The van der Waals surface area contributed by atoms with E-state index in [1.54, 1.807) is 17.0 Å². The van der Waals surface area contributed by atoms with Gasteiger partial charge in [0.2, 0.25) is 5.91 Å². The zero-order valence-corrected chi connectivity index (χ0v) is 16.2. The maximum Gasteiger partial charge on any atom is 0.251 e. The maximum atomic E-state index is 13.1. The number of carbonyl (C=O) groups is 2. The van der Waals surface area contributed by atoms with Gasteiger partial charge in [0, 0.05) is 18.7 Å². The quantitative estimate of drug-likeness (QED) is 0.753. The molecule has 1 atom stereocenters. The van der Waals surface area contributed by atoms with Crippen molar-refractivity contribution in [2.75, 3.05) is 13.2 Å². The van der Waals surface area contributed by atoms with Crippen LogP contribution in [-0.4, -0.2) is 41.0 Å². The first kappa shape index (κ1) is 20.6. The molecule has 0 saturated heterocycles. The van der Waals surface area contributed by atoms with Crippen LogP contribution in [0.1, 0.15) is 35.3 Å². The smallest absolute Gasteiger partial charge is 0.251 e. The molecule has 0 aliphatic rings. The Labute approximate surface area is 161 Å². The molecule has 0 aromatic heterocycles. The van der Waals surface area contributed by atoms with Gasteiger partial charge in [0.15, 0.2) is 0 Å². The van der Waals surface area contributed by atoms with Gasteiger partial charge in [0.1, 0.15) is 6.04 Å². The number of hydrogen-bond donors (Lipinski definition) is 2. The molecule has 0 saturated carbocycles. The molecule has 0 heterocycles. The van der Waals surface area contributed by atoms with Crippen LogP contribution in [0.5, 0.6) is 0 Å². The number of nitrogens with one attached hydrogen (secondary N) is 1. The Morgan fingerprint density at radius 1 is 1.07 bits per heavy atom. The third-order valence-electron chi connectivity index (χ3n) is 4.40. The van der Waals surface area contributed by atoms with Gasteiger partial charge in [-0.1, -0.05) is 61.9 Å². The van der Waals surface area contributed by atoms with E-state index >= 15 is 0 Å². The van der Waals surface area contributed by atoms with Gasteiger partial charge in [0.05, 0.1) is 6.61 Å². The van der Waals surface area contributed by atoms with Crippen LogP contribution in [0, 0.1) is 12.8 Å². The lowest BCUT2D eigenvalue weighted by Gasteiger charge is -2.29. The number of carbonyl (C=O) groups excluding carboxylic acids is 2. The number of amides is 2. The van der Waals surface area contributed by atoms with Crippen molar-refractivity contribution in [3.05, 3.63) is 71.3 Å². The summed E-state index contributed by atoms with van der Waals surface area (Å²) in [4.78, 5) is 27.3. The molecule has 0 spiro atoms. The topological polar surface area (TPSA) is 69.6 Å². The van der Waals surface area contributed by atoms with Gasteiger partial charge in [-0.05, 0) is 30.5 Å². The van der Waals surface area contributed by atoms with Crippen molar-refractivity contribution >= 4 is 11.8 Å². The molecule has 5 heteroatoms. The highest BCUT2D eigenvalue weighted by Gasteiger charge is 2.29. The predicted octanol–water partition coefficient (Wildman–Crippen LogP) is 2.77. The maximum absolute atomic E-state index is 13.1. The molecule has 2 aromatic carbocycles. The third kappa shape index (κ3) is 5.93. The van der Waals surface area contributed by atoms with E-state index in [4.69, 9.17) is 0 Å². The molecular weight excluding hydrogens is 340 g/mol. The standard InChI is InChI=1S/C22H28N2O3/c1-16(2)20(23-21(26)19-11-7-8-17(3)14-19)22(27)24(12-13-25)15-18-9-5-4-6-10-18/h4-11,14,16,20,25H,12-13,15H2,1-3H3,(H,23,26). The minimum absolute atomic E-state index is 0.0803. The first-order valence-electron chi connectivity index (χ1n) is 9.23. The van der Waals surface area contributed by atoms with Crippen molar-refractivity contribution < 1.29 is 14.7 Å². The number of aryl methyl sites for hydroxylation is 1. The molecule has 2 rings (SSSR count). The summed E-state index contributed by atoms with van der Waals surface area (Å²) in [5.41, 5.74) is 2.50.